The quantitative estimate of drug-likeness (QED) is 0.142. The molecule has 4 aliphatic heterocycles. The highest BCUT2D eigenvalue weighted by Crippen LogP contribution is 2.57. The van der Waals surface area contributed by atoms with Gasteiger partial charge in [-0.25, -0.2) is 0 Å². The van der Waals surface area contributed by atoms with Crippen LogP contribution in [0.15, 0.2) is 84.9 Å². The maximum absolute atomic E-state index is 2.91. The summed E-state index contributed by atoms with van der Waals surface area (Å²) in [7, 11) is 0. The van der Waals surface area contributed by atoms with Crippen LogP contribution in [-0.2, 0) is 32.5 Å². The predicted octanol–water partition coefficient (Wildman–Crippen LogP) is 11.6. The Kier molecular flexibility index (Phi) is 6.49. The zero-order valence-electron chi connectivity index (χ0n) is 40.4. The Morgan fingerprint density at radius 1 is 0.469 bits per heavy atom. The molecule has 64 heavy (non-hydrogen) atoms. The van der Waals surface area contributed by atoms with E-state index in [0.29, 0.717) is 0 Å². The first-order chi connectivity index (χ1) is 30.0. The molecular formula is C58H60B2N4. The summed E-state index contributed by atoms with van der Waals surface area (Å²) in [6, 6.07) is 34.5. The molecule has 6 aromatic carbocycles. The largest absolute Gasteiger partial charge is 0.310 e. The van der Waals surface area contributed by atoms with Crippen molar-refractivity contribution in [3.63, 3.8) is 0 Å². The third kappa shape index (κ3) is 4.22. The second kappa shape index (κ2) is 10.9. The third-order valence-corrected chi connectivity index (χ3v) is 17.4. The lowest BCUT2D eigenvalue weighted by Gasteiger charge is -2.35. The number of aromatic nitrogens is 2. The van der Waals surface area contributed by atoms with Gasteiger partial charge in [0.15, 0.2) is 0 Å². The van der Waals surface area contributed by atoms with Gasteiger partial charge in [-0.15, -0.1) is 0 Å². The Morgan fingerprint density at radius 3 is 1.23 bits per heavy atom. The number of hydrogen-bond donors (Lipinski definition) is 0. The van der Waals surface area contributed by atoms with Crippen LogP contribution in [0.1, 0.15) is 143 Å². The van der Waals surface area contributed by atoms with Crippen molar-refractivity contribution < 1.29 is 0 Å². The van der Waals surface area contributed by atoms with E-state index in [0.717, 1.165) is 12.8 Å². The van der Waals surface area contributed by atoms with Crippen molar-refractivity contribution in [2.45, 2.75) is 142 Å². The molecule has 0 spiro atoms. The van der Waals surface area contributed by atoms with Crippen LogP contribution in [0.3, 0.4) is 0 Å². The number of para-hydroxylation sites is 2. The minimum Gasteiger partial charge on any atom is -0.310 e. The zero-order chi connectivity index (χ0) is 44.5. The average molecular weight is 835 g/mol. The topological polar surface area (TPSA) is 16.3 Å². The molecule has 0 unspecified atom stereocenters. The smallest absolute Gasteiger partial charge is 0.307 e. The Labute approximate surface area is 379 Å². The summed E-state index contributed by atoms with van der Waals surface area (Å²) in [5.74, 6) is 0. The molecular weight excluding hydrogens is 774 g/mol. The number of benzene rings is 6. The van der Waals surface area contributed by atoms with Gasteiger partial charge in [-0.3, -0.25) is 9.84 Å². The Balaban J connectivity index is 1.19. The maximum atomic E-state index is 2.91. The third-order valence-electron chi connectivity index (χ3n) is 17.4. The molecule has 2 aromatic heterocycles. The van der Waals surface area contributed by atoms with Crippen molar-refractivity contribution in [1.82, 2.24) is 14.0 Å². The SMILES string of the molecule is CC(C)(C)c1cc2c3c(c1)-n1c4ccccc4c4c5c(cc(c41)B3N1B3c4c(cc(C(C)(C)C)cc4-n4c6ccccc6c6c7c(cc3c64)C(C)(C)CC7(C)C)N21)C(C)(C)CC5(C)C. The number of rotatable bonds is 0. The van der Waals surface area contributed by atoms with E-state index < -0.39 is 0 Å². The van der Waals surface area contributed by atoms with Crippen LogP contribution < -0.4 is 26.9 Å². The summed E-state index contributed by atoms with van der Waals surface area (Å²) in [4.78, 5) is 2.91. The first kappa shape index (κ1) is 38.1. The van der Waals surface area contributed by atoms with Gasteiger partial charge in [0.2, 0.25) is 0 Å². The van der Waals surface area contributed by atoms with E-state index in [9.17, 15) is 0 Å². The highest BCUT2D eigenvalue weighted by molar-refractivity contribution is 7.03. The highest BCUT2D eigenvalue weighted by atomic mass is 15.6. The summed E-state index contributed by atoms with van der Waals surface area (Å²) in [5, 5.41) is 8.49. The van der Waals surface area contributed by atoms with Gasteiger partial charge in [0.05, 0.1) is 33.4 Å². The lowest BCUT2D eigenvalue weighted by Crippen LogP contribution is -2.67. The molecule has 0 saturated heterocycles. The average Bonchev–Trinajstić information content (AvgIpc) is 3.99. The minimum atomic E-state index is -0.0587. The lowest BCUT2D eigenvalue weighted by molar-refractivity contribution is 0.404. The van der Waals surface area contributed by atoms with Gasteiger partial charge in [-0.2, -0.15) is 0 Å². The van der Waals surface area contributed by atoms with Gasteiger partial charge in [-0.05, 0) is 137 Å². The van der Waals surface area contributed by atoms with Crippen molar-refractivity contribution in [2.24, 2.45) is 0 Å². The van der Waals surface area contributed by atoms with Crippen LogP contribution in [0.2, 0.25) is 0 Å². The van der Waals surface area contributed by atoms with Crippen molar-refractivity contribution in [3.05, 3.63) is 118 Å². The molecule has 0 N–H and O–H groups in total. The number of anilines is 2. The van der Waals surface area contributed by atoms with E-state index in [1.54, 1.807) is 11.1 Å². The highest BCUT2D eigenvalue weighted by Gasteiger charge is 2.60. The van der Waals surface area contributed by atoms with E-state index in [2.05, 4.69) is 201 Å². The molecule has 0 bridgehead atoms. The monoisotopic (exact) mass is 835 g/mol. The van der Waals surface area contributed by atoms with Gasteiger partial charge in [-0.1, -0.05) is 145 Å². The Bertz CT molecular complexity index is 3320. The molecule has 8 aromatic rings. The van der Waals surface area contributed by atoms with Crippen LogP contribution in [0.4, 0.5) is 11.4 Å². The Morgan fingerprint density at radius 2 is 0.844 bits per heavy atom. The van der Waals surface area contributed by atoms with E-state index >= 15 is 0 Å². The lowest BCUT2D eigenvalue weighted by atomic mass is 9.38. The molecule has 6 heteroatoms. The summed E-state index contributed by atoms with van der Waals surface area (Å²) in [6.07, 6.45) is 2.27. The molecule has 14 rings (SSSR count). The summed E-state index contributed by atoms with van der Waals surface area (Å²) >= 11 is 0. The number of hydrazine groups is 1. The number of nitrogens with zero attached hydrogens (tertiary/aromatic N) is 4. The summed E-state index contributed by atoms with van der Waals surface area (Å²) in [5.41, 5.74) is 25.8. The molecule has 318 valence electrons. The van der Waals surface area contributed by atoms with E-state index in [1.807, 2.05) is 0 Å². The summed E-state index contributed by atoms with van der Waals surface area (Å²) in [6.45, 7) is 34.5. The van der Waals surface area contributed by atoms with Gasteiger partial charge in [0, 0.05) is 32.9 Å². The molecule has 6 aliphatic rings. The van der Waals surface area contributed by atoms with Crippen LogP contribution in [0.25, 0.3) is 55.0 Å². The molecule has 6 heterocycles. The standard InChI is InChI=1S/C58H60B2N4/c1-53(2,3)31-23-41-49-43(25-31)63-44-26-32(54(4,5)6)24-42-50(44)60(38-28-36-48(58(13,14)30-56(36,9)10)46-34-20-16-18-22-40(34)62(42)52(38)46)64(63)59(49)37-27-35-47(57(11,12)29-55(35,7)8)45-33-19-15-17-21-39(33)61(41)51(37)45/h15-28H,29-30H2,1-14H3. The van der Waals surface area contributed by atoms with Crippen molar-refractivity contribution in [2.75, 3.05) is 5.01 Å². The van der Waals surface area contributed by atoms with E-state index in [-0.39, 0.29) is 46.2 Å². The van der Waals surface area contributed by atoms with Gasteiger partial charge < -0.3 is 9.13 Å². The van der Waals surface area contributed by atoms with Crippen molar-refractivity contribution in [3.8, 4) is 11.4 Å². The van der Waals surface area contributed by atoms with Crippen molar-refractivity contribution in [1.29, 1.82) is 0 Å². The molecule has 0 fully saturated rings. The van der Waals surface area contributed by atoms with Crippen LogP contribution >= 0.6 is 0 Å². The van der Waals surface area contributed by atoms with Gasteiger partial charge >= 0.3 is 13.7 Å². The first-order valence-corrected chi connectivity index (χ1v) is 24.2. The second-order valence-electron chi connectivity index (χ2n) is 25.7. The fraction of sp³-hybridized carbons (Fsp3) is 0.379. The van der Waals surface area contributed by atoms with Crippen LogP contribution in [0.5, 0.6) is 0 Å². The molecule has 0 amide bonds. The molecule has 2 aliphatic carbocycles. The Hall–Kier alpha value is -5.19. The summed E-state index contributed by atoms with van der Waals surface area (Å²) < 4.78 is 5.43. The first-order valence-electron chi connectivity index (χ1n) is 24.2. The fourth-order valence-electron chi connectivity index (χ4n) is 15.4. The predicted molar refractivity (Wildman–Crippen MR) is 274 cm³/mol. The number of fused-ring (bicyclic) bond motifs is 19. The maximum Gasteiger partial charge on any atom is 0.307 e. The zero-order valence-corrected chi connectivity index (χ0v) is 40.4. The van der Waals surface area contributed by atoms with E-state index in [4.69, 9.17) is 0 Å². The van der Waals surface area contributed by atoms with Gasteiger partial charge in [0.1, 0.15) is 0 Å². The molecule has 0 atom stereocenters. The second-order valence-corrected chi connectivity index (χ2v) is 25.7. The molecule has 4 nitrogen and oxygen atoms in total. The molecule has 0 saturated carbocycles. The number of hydrogen-bond acceptors (Lipinski definition) is 2. The fourth-order valence-corrected chi connectivity index (χ4v) is 15.4. The van der Waals surface area contributed by atoms with Crippen LogP contribution in [-0.4, -0.2) is 27.7 Å². The van der Waals surface area contributed by atoms with Crippen LogP contribution in [0, 0.1) is 0 Å². The minimum absolute atomic E-state index is 0.0233. The van der Waals surface area contributed by atoms with E-state index in [1.165, 1.54) is 110 Å². The van der Waals surface area contributed by atoms with Crippen molar-refractivity contribution >= 4 is 90.5 Å². The van der Waals surface area contributed by atoms with Gasteiger partial charge in [0.25, 0.3) is 0 Å². The molecule has 0 radical (unpaired) electrons. The normalized spacial score (nSPS) is 19.9.